The fourth-order valence-corrected chi connectivity index (χ4v) is 4.75. The molecule has 0 saturated carbocycles. The molecule has 0 amide bonds. The molecule has 0 aromatic heterocycles. The minimum Gasteiger partial charge on any atom is -0.390 e. The fraction of sp³-hybridized carbons (Fsp3) is 1.00. The van der Waals surface area contributed by atoms with Gasteiger partial charge in [-0.15, -0.1) is 0 Å². The smallest absolute Gasteiger partial charge is 0.390 e. The summed E-state index contributed by atoms with van der Waals surface area (Å²) in [5.74, 6) is 0. The molecule has 13 nitrogen and oxygen atoms in total. The number of nitrogens with two attached hydrogens (primary N) is 1. The van der Waals surface area contributed by atoms with E-state index in [0.29, 0.717) is 0 Å². The molecule has 1 rings (SSSR count). The summed E-state index contributed by atoms with van der Waals surface area (Å²) in [5.41, 5.74) is 5.58. The first-order valence-corrected chi connectivity index (χ1v) is 10.6. The number of hydrogen-bond acceptors (Lipinski definition) is 9. The zero-order chi connectivity index (χ0) is 18.1. The quantitative estimate of drug-likeness (QED) is 0.275. The molecule has 4 unspecified atom stereocenters. The van der Waals surface area contributed by atoms with Crippen LogP contribution in [-0.4, -0.2) is 55.6 Å². The van der Waals surface area contributed by atoms with Crippen molar-refractivity contribution in [2.45, 2.75) is 37.7 Å². The van der Waals surface area contributed by atoms with Crippen LogP contribution < -0.4 is 5.73 Å². The van der Waals surface area contributed by atoms with E-state index in [4.69, 9.17) is 25.2 Å². The first-order chi connectivity index (χ1) is 10.2. The highest BCUT2D eigenvalue weighted by Gasteiger charge is 2.42. The van der Waals surface area contributed by atoms with Crippen LogP contribution in [-0.2, 0) is 31.6 Å². The van der Waals surface area contributed by atoms with Crippen molar-refractivity contribution in [1.82, 2.24) is 0 Å². The lowest BCUT2D eigenvalue weighted by Gasteiger charge is -2.19. The van der Waals surface area contributed by atoms with E-state index in [0.717, 1.165) is 0 Å². The normalized spacial score (nSPS) is 32.2. The summed E-state index contributed by atoms with van der Waals surface area (Å²) < 4.78 is 49.7. The van der Waals surface area contributed by atoms with E-state index in [1.165, 1.54) is 0 Å². The molecule has 1 aliphatic rings. The average Bonchev–Trinajstić information content (AvgIpc) is 2.63. The van der Waals surface area contributed by atoms with Gasteiger partial charge in [-0.1, -0.05) is 0 Å². The van der Waals surface area contributed by atoms with Gasteiger partial charge in [-0.25, -0.2) is 13.7 Å². The molecular weight excluding hydrogens is 383 g/mol. The van der Waals surface area contributed by atoms with Gasteiger partial charge in [-0.3, -0.25) is 4.52 Å². The summed E-state index contributed by atoms with van der Waals surface area (Å²) in [4.78, 5) is 34.9. The van der Waals surface area contributed by atoms with Crippen LogP contribution in [0.15, 0.2) is 0 Å². The van der Waals surface area contributed by atoms with E-state index < -0.39 is 54.4 Å². The van der Waals surface area contributed by atoms with Gasteiger partial charge in [0.05, 0.1) is 18.8 Å². The van der Waals surface area contributed by atoms with Crippen molar-refractivity contribution in [3.05, 3.63) is 0 Å². The number of hydrogen-bond donors (Lipinski definition) is 6. The van der Waals surface area contributed by atoms with Gasteiger partial charge in [0.2, 0.25) is 0 Å². The van der Waals surface area contributed by atoms with Gasteiger partial charge in [0.25, 0.3) is 0 Å². The van der Waals surface area contributed by atoms with Crippen molar-refractivity contribution in [2.24, 2.45) is 5.73 Å². The Morgan fingerprint density at radius 3 is 2.17 bits per heavy atom. The maximum Gasteiger partial charge on any atom is 0.490 e. The van der Waals surface area contributed by atoms with Crippen LogP contribution in [0.2, 0.25) is 0 Å². The molecule has 0 bridgehead atoms. The van der Waals surface area contributed by atoms with E-state index in [-0.39, 0.29) is 6.42 Å². The van der Waals surface area contributed by atoms with E-state index in [2.05, 4.69) is 13.1 Å². The monoisotopic (exact) mass is 401 g/mol. The maximum atomic E-state index is 11.5. The summed E-state index contributed by atoms with van der Waals surface area (Å²) >= 11 is 0. The van der Waals surface area contributed by atoms with Crippen molar-refractivity contribution in [1.29, 1.82) is 0 Å². The first kappa shape index (κ1) is 21.3. The third kappa shape index (κ3) is 7.80. The van der Waals surface area contributed by atoms with Crippen LogP contribution in [0.1, 0.15) is 13.3 Å². The molecule has 0 aliphatic carbocycles. The molecule has 1 saturated heterocycles. The molecule has 0 aromatic carbocycles. The summed E-state index contributed by atoms with van der Waals surface area (Å²) in [6.07, 6.45) is -2.46. The van der Waals surface area contributed by atoms with Crippen LogP contribution in [0.25, 0.3) is 0 Å². The summed E-state index contributed by atoms with van der Waals surface area (Å²) in [6, 6.07) is -0.416. The summed E-state index contributed by atoms with van der Waals surface area (Å²) in [6.45, 7) is 0.927. The lowest BCUT2D eigenvalue weighted by Crippen LogP contribution is -2.32. The van der Waals surface area contributed by atoms with Crippen molar-refractivity contribution >= 4 is 23.5 Å². The lowest BCUT2D eigenvalue weighted by atomic mass is 10.1. The van der Waals surface area contributed by atoms with Crippen LogP contribution in [0, 0.1) is 0 Å². The Hall–Kier alpha value is 0.290. The summed E-state index contributed by atoms with van der Waals surface area (Å²) in [5, 5.41) is 9.69. The van der Waals surface area contributed by atoms with Gasteiger partial charge in [-0.2, -0.15) is 8.62 Å². The maximum absolute atomic E-state index is 11.5. The molecule has 16 heteroatoms. The number of ether oxygens (including phenoxy) is 1. The van der Waals surface area contributed by atoms with Crippen LogP contribution in [0.3, 0.4) is 0 Å². The molecule has 7 N–H and O–H groups in total. The number of phosphoric acid groups is 3. The van der Waals surface area contributed by atoms with Crippen LogP contribution in [0.5, 0.6) is 0 Å². The summed E-state index contributed by atoms with van der Waals surface area (Å²) in [7, 11) is -16.2. The van der Waals surface area contributed by atoms with Gasteiger partial charge in [0.1, 0.15) is 6.10 Å². The number of aliphatic hydroxyl groups excluding tert-OH is 1. The highest BCUT2D eigenvalue weighted by atomic mass is 31.3. The van der Waals surface area contributed by atoms with E-state index in [1.54, 1.807) is 6.92 Å². The van der Waals surface area contributed by atoms with E-state index in [9.17, 15) is 23.7 Å². The average molecular weight is 401 g/mol. The second kappa shape index (κ2) is 7.67. The first-order valence-electron chi connectivity index (χ1n) is 6.08. The molecule has 1 heterocycles. The number of rotatable bonds is 8. The Balaban J connectivity index is 2.58. The molecular formula is C7H18NO12P3. The standard InChI is InChI=1S/C7H18NO12P3/c1-4(8)6-2-5(9)7(18-6)3-17-22(13,14)20-23(15,16)19-21(10,11)12/h4-7,9H,2-3,8H2,1H3,(H,13,14)(H,15,16)(H2,10,11,12)/t4?,5?,6-,7-/m1/s1. The molecule has 0 aromatic rings. The number of aliphatic hydroxyl groups is 1. The van der Waals surface area contributed by atoms with Crippen LogP contribution >= 0.6 is 23.5 Å². The van der Waals surface area contributed by atoms with Crippen molar-refractivity contribution in [3.8, 4) is 0 Å². The molecule has 0 spiro atoms. The molecule has 0 radical (unpaired) electrons. The van der Waals surface area contributed by atoms with Gasteiger partial charge in [-0.05, 0) is 6.92 Å². The second-order valence-corrected chi connectivity index (χ2v) is 9.18. The Morgan fingerprint density at radius 1 is 1.17 bits per heavy atom. The number of phosphoric ester groups is 1. The molecule has 6 atom stereocenters. The highest BCUT2D eigenvalue weighted by Crippen LogP contribution is 2.66. The zero-order valence-corrected chi connectivity index (χ0v) is 14.4. The van der Waals surface area contributed by atoms with Crippen molar-refractivity contribution in [3.63, 3.8) is 0 Å². The van der Waals surface area contributed by atoms with Crippen LogP contribution in [0.4, 0.5) is 0 Å². The minimum absolute atomic E-state index is 0.155. The molecule has 1 fully saturated rings. The zero-order valence-electron chi connectivity index (χ0n) is 11.7. The Bertz CT molecular complexity index is 547. The lowest BCUT2D eigenvalue weighted by molar-refractivity contribution is -0.0259. The topological polar surface area (TPSA) is 215 Å². The Kier molecular flexibility index (Phi) is 7.12. The van der Waals surface area contributed by atoms with E-state index >= 15 is 0 Å². The SMILES string of the molecule is CC(N)[C@H]1CC(O)[C@@H](COP(=O)(O)OP(=O)(O)OP(=O)(O)O)O1. The van der Waals surface area contributed by atoms with Gasteiger partial charge in [0.15, 0.2) is 0 Å². The molecule has 23 heavy (non-hydrogen) atoms. The van der Waals surface area contributed by atoms with Crippen molar-refractivity contribution < 1.29 is 56.3 Å². The second-order valence-electron chi connectivity index (χ2n) is 4.76. The minimum atomic E-state index is -5.56. The Morgan fingerprint density at radius 2 is 1.74 bits per heavy atom. The van der Waals surface area contributed by atoms with E-state index in [1.807, 2.05) is 0 Å². The van der Waals surface area contributed by atoms with Gasteiger partial charge in [0, 0.05) is 12.5 Å². The predicted molar refractivity (Wildman–Crippen MR) is 72.8 cm³/mol. The largest absolute Gasteiger partial charge is 0.490 e. The highest BCUT2D eigenvalue weighted by molar-refractivity contribution is 7.66. The van der Waals surface area contributed by atoms with Gasteiger partial charge < -0.3 is 35.2 Å². The Labute approximate surface area is 130 Å². The third-order valence-electron chi connectivity index (χ3n) is 2.66. The fourth-order valence-electron chi connectivity index (χ4n) is 1.72. The van der Waals surface area contributed by atoms with Gasteiger partial charge >= 0.3 is 23.5 Å². The molecule has 1 aliphatic heterocycles. The van der Waals surface area contributed by atoms with Crippen molar-refractivity contribution in [2.75, 3.05) is 6.61 Å². The molecule has 138 valence electrons. The predicted octanol–water partition coefficient (Wildman–Crippen LogP) is -0.805. The third-order valence-corrected chi connectivity index (χ3v) is 6.46.